The summed E-state index contributed by atoms with van der Waals surface area (Å²) >= 11 is 0. The van der Waals surface area contributed by atoms with Gasteiger partial charge >= 0.3 is 11.9 Å². The van der Waals surface area contributed by atoms with E-state index in [4.69, 9.17) is 4.74 Å². The fourth-order valence-electron chi connectivity index (χ4n) is 2.61. The number of carboxylic acids is 1. The molecule has 1 rings (SSSR count). The minimum absolute atomic E-state index is 0.0976. The van der Waals surface area contributed by atoms with Crippen LogP contribution >= 0.6 is 0 Å². The van der Waals surface area contributed by atoms with E-state index in [1.165, 1.54) is 0 Å². The van der Waals surface area contributed by atoms with Crippen LogP contribution < -0.4 is 0 Å². The molecule has 0 saturated heterocycles. The minimum Gasteiger partial charge on any atom is -0.478 e. The lowest BCUT2D eigenvalue weighted by atomic mass is 9.93. The quantitative estimate of drug-likeness (QED) is 0.547. The number of carbonyl (C=O) groups is 2. The Balaban J connectivity index is 2.93. The van der Waals surface area contributed by atoms with Crippen molar-refractivity contribution in [3.63, 3.8) is 0 Å². The van der Waals surface area contributed by atoms with E-state index >= 15 is 0 Å². The summed E-state index contributed by atoms with van der Waals surface area (Å²) in [5.41, 5.74) is 1.97. The number of aryl methyl sites for hydroxylation is 1. The first-order chi connectivity index (χ1) is 10.6. The topological polar surface area (TPSA) is 63.6 Å². The standard InChI is InChI=1S/C18H26O4/c1-4-7-8-9-12-22-18(21)15-11-10-13(5-2)14(6-3)16(15)17(19)20/h10-11H,4-9,12H2,1-3H3,(H,19,20). The summed E-state index contributed by atoms with van der Waals surface area (Å²) in [5, 5.41) is 9.48. The van der Waals surface area contributed by atoms with E-state index in [1.807, 2.05) is 19.9 Å². The predicted octanol–water partition coefficient (Wildman–Crippen LogP) is 4.25. The second kappa shape index (κ2) is 9.23. The van der Waals surface area contributed by atoms with Gasteiger partial charge in [-0.15, -0.1) is 0 Å². The number of esters is 1. The monoisotopic (exact) mass is 306 g/mol. The third-order valence-corrected chi connectivity index (χ3v) is 3.81. The summed E-state index contributed by atoms with van der Waals surface area (Å²) in [7, 11) is 0. The van der Waals surface area contributed by atoms with Crippen LogP contribution in [0.5, 0.6) is 0 Å². The molecule has 0 amide bonds. The molecule has 0 bridgehead atoms. The molecule has 0 spiro atoms. The van der Waals surface area contributed by atoms with Gasteiger partial charge in [-0.05, 0) is 36.5 Å². The first-order valence-corrected chi connectivity index (χ1v) is 8.11. The van der Waals surface area contributed by atoms with Crippen LogP contribution in [-0.2, 0) is 17.6 Å². The lowest BCUT2D eigenvalue weighted by molar-refractivity contribution is 0.0487. The van der Waals surface area contributed by atoms with Crippen molar-refractivity contribution in [2.24, 2.45) is 0 Å². The van der Waals surface area contributed by atoms with Crippen molar-refractivity contribution >= 4 is 11.9 Å². The molecular weight excluding hydrogens is 280 g/mol. The molecule has 1 N–H and O–H groups in total. The summed E-state index contributed by atoms with van der Waals surface area (Å²) in [5.74, 6) is -1.60. The van der Waals surface area contributed by atoms with Gasteiger partial charge in [0.2, 0.25) is 0 Å². The fraction of sp³-hybridized carbons (Fsp3) is 0.556. The lowest BCUT2D eigenvalue weighted by Crippen LogP contribution is -2.16. The van der Waals surface area contributed by atoms with E-state index in [0.29, 0.717) is 13.0 Å². The van der Waals surface area contributed by atoms with Crippen molar-refractivity contribution < 1.29 is 19.4 Å². The molecule has 22 heavy (non-hydrogen) atoms. The smallest absolute Gasteiger partial charge is 0.339 e. The van der Waals surface area contributed by atoms with Gasteiger partial charge in [0, 0.05) is 0 Å². The second-order valence-electron chi connectivity index (χ2n) is 5.33. The highest BCUT2D eigenvalue weighted by atomic mass is 16.5. The van der Waals surface area contributed by atoms with Gasteiger partial charge in [-0.3, -0.25) is 0 Å². The van der Waals surface area contributed by atoms with Crippen molar-refractivity contribution in [3.05, 3.63) is 34.4 Å². The fourth-order valence-corrected chi connectivity index (χ4v) is 2.61. The summed E-state index contributed by atoms with van der Waals surface area (Å²) in [4.78, 5) is 23.8. The van der Waals surface area contributed by atoms with Gasteiger partial charge in [0.1, 0.15) is 0 Å². The number of rotatable bonds is 9. The molecule has 0 aliphatic carbocycles. The Bertz CT molecular complexity index is 520. The molecule has 0 aliphatic rings. The van der Waals surface area contributed by atoms with Crippen molar-refractivity contribution in [2.45, 2.75) is 59.3 Å². The Hall–Kier alpha value is -1.84. The van der Waals surface area contributed by atoms with Crippen molar-refractivity contribution in [1.29, 1.82) is 0 Å². The van der Waals surface area contributed by atoms with E-state index < -0.39 is 11.9 Å². The van der Waals surface area contributed by atoms with Crippen LogP contribution in [0.4, 0.5) is 0 Å². The number of benzene rings is 1. The lowest BCUT2D eigenvalue weighted by Gasteiger charge is -2.14. The van der Waals surface area contributed by atoms with Gasteiger partial charge in [-0.1, -0.05) is 46.1 Å². The molecule has 1 aromatic carbocycles. The number of aromatic carboxylic acids is 1. The molecule has 0 saturated carbocycles. The van der Waals surface area contributed by atoms with E-state index in [9.17, 15) is 14.7 Å². The van der Waals surface area contributed by atoms with Gasteiger partial charge in [0.25, 0.3) is 0 Å². The van der Waals surface area contributed by atoms with E-state index in [1.54, 1.807) is 6.07 Å². The number of ether oxygens (including phenoxy) is 1. The Morgan fingerprint density at radius 2 is 1.77 bits per heavy atom. The van der Waals surface area contributed by atoms with Gasteiger partial charge in [0.15, 0.2) is 0 Å². The maximum atomic E-state index is 12.2. The normalized spacial score (nSPS) is 10.5. The molecule has 0 fully saturated rings. The molecule has 0 aromatic heterocycles. The molecule has 4 heteroatoms. The molecule has 0 atom stereocenters. The number of hydrogen-bond donors (Lipinski definition) is 1. The van der Waals surface area contributed by atoms with Crippen molar-refractivity contribution in [3.8, 4) is 0 Å². The number of carbonyl (C=O) groups excluding carboxylic acids is 1. The van der Waals surface area contributed by atoms with Crippen molar-refractivity contribution in [2.75, 3.05) is 6.61 Å². The van der Waals surface area contributed by atoms with Gasteiger partial charge in [-0.25, -0.2) is 9.59 Å². The Morgan fingerprint density at radius 1 is 1.05 bits per heavy atom. The molecule has 122 valence electrons. The van der Waals surface area contributed by atoms with Crippen LogP contribution in [0, 0.1) is 0 Å². The second-order valence-corrected chi connectivity index (χ2v) is 5.33. The van der Waals surface area contributed by atoms with E-state index in [2.05, 4.69) is 6.92 Å². The highest BCUT2D eigenvalue weighted by Gasteiger charge is 2.22. The van der Waals surface area contributed by atoms with Crippen LogP contribution in [0.2, 0.25) is 0 Å². The SMILES string of the molecule is CCCCCCOC(=O)c1ccc(CC)c(CC)c1C(=O)O. The minimum atomic E-state index is -1.06. The summed E-state index contributed by atoms with van der Waals surface area (Å²) < 4.78 is 5.24. The molecule has 0 unspecified atom stereocenters. The Morgan fingerprint density at radius 3 is 2.32 bits per heavy atom. The van der Waals surface area contributed by atoms with Crippen LogP contribution in [0.25, 0.3) is 0 Å². The molecule has 1 aromatic rings. The number of hydrogen-bond acceptors (Lipinski definition) is 3. The third-order valence-electron chi connectivity index (χ3n) is 3.81. The third kappa shape index (κ3) is 4.58. The van der Waals surface area contributed by atoms with Gasteiger partial charge in [0.05, 0.1) is 17.7 Å². The first-order valence-electron chi connectivity index (χ1n) is 8.11. The zero-order valence-electron chi connectivity index (χ0n) is 13.8. The summed E-state index contributed by atoms with van der Waals surface area (Å²) in [6, 6.07) is 3.41. The van der Waals surface area contributed by atoms with Gasteiger partial charge < -0.3 is 9.84 Å². The highest BCUT2D eigenvalue weighted by Crippen LogP contribution is 2.22. The van der Waals surface area contributed by atoms with Crippen LogP contribution in [-0.4, -0.2) is 23.7 Å². The largest absolute Gasteiger partial charge is 0.478 e. The average molecular weight is 306 g/mol. The van der Waals surface area contributed by atoms with E-state index in [0.717, 1.165) is 43.2 Å². The average Bonchev–Trinajstić information content (AvgIpc) is 2.52. The maximum Gasteiger partial charge on any atom is 0.339 e. The maximum absolute atomic E-state index is 12.2. The van der Waals surface area contributed by atoms with Crippen molar-refractivity contribution in [1.82, 2.24) is 0 Å². The highest BCUT2D eigenvalue weighted by molar-refractivity contribution is 6.03. The molecular formula is C18H26O4. The number of unbranched alkanes of at least 4 members (excludes halogenated alkanes) is 3. The van der Waals surface area contributed by atoms with Gasteiger partial charge in [-0.2, -0.15) is 0 Å². The Labute approximate surface area is 132 Å². The molecule has 0 heterocycles. The molecule has 4 nitrogen and oxygen atoms in total. The van der Waals surface area contributed by atoms with Crippen LogP contribution in [0.3, 0.4) is 0 Å². The molecule has 0 radical (unpaired) electrons. The summed E-state index contributed by atoms with van der Waals surface area (Å²) in [6.45, 7) is 6.34. The zero-order chi connectivity index (χ0) is 16.5. The predicted molar refractivity (Wildman–Crippen MR) is 86.6 cm³/mol. The first kappa shape index (κ1) is 18.2. The summed E-state index contributed by atoms with van der Waals surface area (Å²) in [6.07, 6.45) is 5.40. The van der Waals surface area contributed by atoms with Crippen LogP contribution in [0.15, 0.2) is 12.1 Å². The van der Waals surface area contributed by atoms with E-state index in [-0.39, 0.29) is 11.1 Å². The number of carboxylic acid groups (broad SMARTS) is 1. The molecule has 0 aliphatic heterocycles. The van der Waals surface area contributed by atoms with Crippen LogP contribution in [0.1, 0.15) is 78.3 Å². The Kier molecular flexibility index (Phi) is 7.64. The zero-order valence-corrected chi connectivity index (χ0v) is 13.8.